The Bertz CT molecular complexity index is 337. The topological polar surface area (TPSA) is 32.7 Å². The Morgan fingerprint density at radius 2 is 1.84 bits per heavy atom. The lowest BCUT2D eigenvalue weighted by molar-refractivity contribution is 0.146. The Labute approximate surface area is 117 Å². The van der Waals surface area contributed by atoms with Gasteiger partial charge in [0.15, 0.2) is 0 Å². The number of aliphatic hydroxyl groups is 1. The van der Waals surface area contributed by atoms with Crippen molar-refractivity contribution in [2.24, 2.45) is 0 Å². The number of benzene rings is 1. The van der Waals surface area contributed by atoms with Gasteiger partial charge in [-0.25, -0.2) is 0 Å². The number of likely N-dealkylation sites (N-methyl/N-ethyl adjacent to an activating group) is 1. The Balaban J connectivity index is 2.54. The molecule has 0 amide bonds. The van der Waals surface area contributed by atoms with Crippen LogP contribution in [0.1, 0.15) is 44.2 Å². The summed E-state index contributed by atoms with van der Waals surface area (Å²) in [6, 6.07) is 8.03. The zero-order valence-corrected chi connectivity index (χ0v) is 12.4. The SMILES string of the molecule is CCCCCCN(C)C(CO)c1ccc(OC)cc1. The van der Waals surface area contributed by atoms with Crippen LogP contribution in [0.2, 0.25) is 0 Å². The van der Waals surface area contributed by atoms with Gasteiger partial charge in [-0.05, 0) is 37.7 Å². The number of methoxy groups -OCH3 is 1. The van der Waals surface area contributed by atoms with Gasteiger partial charge in [-0.3, -0.25) is 4.90 Å². The van der Waals surface area contributed by atoms with E-state index in [1.54, 1.807) is 7.11 Å². The van der Waals surface area contributed by atoms with Crippen LogP contribution in [-0.2, 0) is 0 Å². The lowest BCUT2D eigenvalue weighted by Crippen LogP contribution is -2.28. The number of aliphatic hydroxyl groups excluding tert-OH is 1. The Kier molecular flexibility index (Phi) is 7.53. The van der Waals surface area contributed by atoms with E-state index in [1.165, 1.54) is 25.7 Å². The first-order valence-electron chi connectivity index (χ1n) is 7.18. The van der Waals surface area contributed by atoms with E-state index >= 15 is 0 Å². The molecule has 0 spiro atoms. The van der Waals surface area contributed by atoms with Crippen LogP contribution in [0.15, 0.2) is 24.3 Å². The second-order valence-electron chi connectivity index (χ2n) is 5.01. The fraction of sp³-hybridized carbons (Fsp3) is 0.625. The number of hydrogen-bond donors (Lipinski definition) is 1. The molecule has 3 nitrogen and oxygen atoms in total. The van der Waals surface area contributed by atoms with E-state index in [9.17, 15) is 5.11 Å². The molecule has 0 saturated carbocycles. The number of unbranched alkanes of at least 4 members (excludes halogenated alkanes) is 3. The fourth-order valence-corrected chi connectivity index (χ4v) is 2.27. The van der Waals surface area contributed by atoms with Gasteiger partial charge in [0.05, 0.1) is 19.8 Å². The lowest BCUT2D eigenvalue weighted by Gasteiger charge is -2.27. The molecule has 1 rings (SSSR count). The van der Waals surface area contributed by atoms with Gasteiger partial charge >= 0.3 is 0 Å². The molecule has 0 saturated heterocycles. The molecule has 0 fully saturated rings. The third kappa shape index (κ3) is 5.21. The van der Waals surface area contributed by atoms with Crippen molar-refractivity contribution in [3.63, 3.8) is 0 Å². The molecule has 0 radical (unpaired) electrons. The zero-order valence-electron chi connectivity index (χ0n) is 12.4. The minimum Gasteiger partial charge on any atom is -0.497 e. The highest BCUT2D eigenvalue weighted by atomic mass is 16.5. The number of rotatable bonds is 9. The summed E-state index contributed by atoms with van der Waals surface area (Å²) in [5, 5.41) is 9.61. The molecule has 0 aliphatic carbocycles. The third-order valence-corrected chi connectivity index (χ3v) is 3.57. The second kappa shape index (κ2) is 8.94. The molecule has 1 aromatic rings. The van der Waals surface area contributed by atoms with Crippen LogP contribution in [-0.4, -0.2) is 37.3 Å². The number of nitrogens with zero attached hydrogens (tertiary/aromatic N) is 1. The summed E-state index contributed by atoms with van der Waals surface area (Å²) in [6.45, 7) is 3.39. The van der Waals surface area contributed by atoms with Crippen molar-refractivity contribution in [3.8, 4) is 5.75 Å². The molecule has 0 bridgehead atoms. The molecule has 0 aliphatic heterocycles. The van der Waals surface area contributed by atoms with Gasteiger partial charge < -0.3 is 9.84 Å². The second-order valence-corrected chi connectivity index (χ2v) is 5.01. The number of ether oxygens (including phenoxy) is 1. The lowest BCUT2D eigenvalue weighted by atomic mass is 10.1. The molecular weight excluding hydrogens is 238 g/mol. The van der Waals surface area contributed by atoms with Crippen molar-refractivity contribution in [2.75, 3.05) is 27.3 Å². The maximum atomic E-state index is 9.61. The first kappa shape index (κ1) is 16.0. The average Bonchev–Trinajstić information content (AvgIpc) is 2.45. The molecule has 1 atom stereocenters. The fourth-order valence-electron chi connectivity index (χ4n) is 2.27. The first-order valence-corrected chi connectivity index (χ1v) is 7.18. The van der Waals surface area contributed by atoms with E-state index in [4.69, 9.17) is 4.74 Å². The minimum atomic E-state index is 0.0764. The van der Waals surface area contributed by atoms with Gasteiger partial charge in [0, 0.05) is 0 Å². The van der Waals surface area contributed by atoms with E-state index < -0.39 is 0 Å². The van der Waals surface area contributed by atoms with Crippen LogP contribution in [0.25, 0.3) is 0 Å². The summed E-state index contributed by atoms with van der Waals surface area (Å²) < 4.78 is 5.16. The molecule has 1 N–H and O–H groups in total. The normalized spacial score (nSPS) is 12.7. The van der Waals surface area contributed by atoms with Crippen LogP contribution in [0.4, 0.5) is 0 Å². The van der Waals surface area contributed by atoms with Crippen molar-refractivity contribution in [1.82, 2.24) is 4.90 Å². The van der Waals surface area contributed by atoms with Crippen molar-refractivity contribution < 1.29 is 9.84 Å². The van der Waals surface area contributed by atoms with Crippen molar-refractivity contribution in [3.05, 3.63) is 29.8 Å². The molecule has 1 aromatic carbocycles. The Morgan fingerprint density at radius 1 is 1.16 bits per heavy atom. The Hall–Kier alpha value is -1.06. The quantitative estimate of drug-likeness (QED) is 0.696. The van der Waals surface area contributed by atoms with E-state index in [-0.39, 0.29) is 12.6 Å². The third-order valence-electron chi connectivity index (χ3n) is 3.57. The summed E-state index contributed by atoms with van der Waals surface area (Å²) in [7, 11) is 3.75. The van der Waals surface area contributed by atoms with E-state index in [0.29, 0.717) is 0 Å². The standard InChI is InChI=1S/C16H27NO2/c1-4-5-6-7-12-17(2)16(13-18)14-8-10-15(19-3)11-9-14/h8-11,16,18H,4-7,12-13H2,1-3H3. The van der Waals surface area contributed by atoms with Gasteiger partial charge in [-0.1, -0.05) is 38.3 Å². The smallest absolute Gasteiger partial charge is 0.118 e. The Morgan fingerprint density at radius 3 is 2.37 bits per heavy atom. The molecule has 0 heterocycles. The predicted molar refractivity (Wildman–Crippen MR) is 79.6 cm³/mol. The maximum Gasteiger partial charge on any atom is 0.118 e. The van der Waals surface area contributed by atoms with Crippen LogP contribution in [0, 0.1) is 0 Å². The van der Waals surface area contributed by atoms with E-state index in [2.05, 4.69) is 18.9 Å². The molecular formula is C16H27NO2. The highest BCUT2D eigenvalue weighted by Gasteiger charge is 2.15. The van der Waals surface area contributed by atoms with Crippen LogP contribution in [0.5, 0.6) is 5.75 Å². The monoisotopic (exact) mass is 265 g/mol. The molecule has 3 heteroatoms. The maximum absolute atomic E-state index is 9.61. The van der Waals surface area contributed by atoms with Crippen molar-refractivity contribution >= 4 is 0 Å². The van der Waals surface area contributed by atoms with Crippen LogP contribution < -0.4 is 4.74 Å². The molecule has 108 valence electrons. The molecule has 0 aliphatic rings. The number of hydrogen-bond acceptors (Lipinski definition) is 3. The predicted octanol–water partition coefficient (Wildman–Crippen LogP) is 3.24. The van der Waals surface area contributed by atoms with Crippen LogP contribution in [0.3, 0.4) is 0 Å². The van der Waals surface area contributed by atoms with Gasteiger partial charge in [0.1, 0.15) is 5.75 Å². The molecule has 1 unspecified atom stereocenters. The average molecular weight is 265 g/mol. The van der Waals surface area contributed by atoms with Crippen LogP contribution >= 0.6 is 0 Å². The van der Waals surface area contributed by atoms with Gasteiger partial charge in [0.2, 0.25) is 0 Å². The largest absolute Gasteiger partial charge is 0.497 e. The molecule has 0 aromatic heterocycles. The highest BCUT2D eigenvalue weighted by molar-refractivity contribution is 5.29. The minimum absolute atomic E-state index is 0.0764. The molecule has 19 heavy (non-hydrogen) atoms. The first-order chi connectivity index (χ1) is 9.22. The van der Waals surface area contributed by atoms with Gasteiger partial charge in [-0.2, -0.15) is 0 Å². The summed E-state index contributed by atoms with van der Waals surface area (Å²) in [4.78, 5) is 2.23. The van der Waals surface area contributed by atoms with E-state index in [0.717, 1.165) is 17.9 Å². The van der Waals surface area contributed by atoms with Crippen molar-refractivity contribution in [2.45, 2.75) is 38.6 Å². The van der Waals surface area contributed by atoms with Gasteiger partial charge in [0.25, 0.3) is 0 Å². The summed E-state index contributed by atoms with van der Waals surface area (Å²) in [5.74, 6) is 0.853. The summed E-state index contributed by atoms with van der Waals surface area (Å²) in [5.41, 5.74) is 1.14. The van der Waals surface area contributed by atoms with Crippen molar-refractivity contribution in [1.29, 1.82) is 0 Å². The van der Waals surface area contributed by atoms with Gasteiger partial charge in [-0.15, -0.1) is 0 Å². The summed E-state index contributed by atoms with van der Waals surface area (Å²) in [6.07, 6.45) is 5.00. The van der Waals surface area contributed by atoms with E-state index in [1.807, 2.05) is 24.3 Å². The summed E-state index contributed by atoms with van der Waals surface area (Å²) >= 11 is 0. The highest BCUT2D eigenvalue weighted by Crippen LogP contribution is 2.22. The zero-order chi connectivity index (χ0) is 14.1.